The van der Waals surface area contributed by atoms with Crippen molar-refractivity contribution >= 4 is 5.97 Å². The summed E-state index contributed by atoms with van der Waals surface area (Å²) in [6.07, 6.45) is 0. The van der Waals surface area contributed by atoms with Gasteiger partial charge in [-0.3, -0.25) is 4.79 Å². The maximum absolute atomic E-state index is 9.00. The molecule has 0 unspecified atom stereocenters. The van der Waals surface area contributed by atoms with Gasteiger partial charge in [0.05, 0.1) is 0 Å². The van der Waals surface area contributed by atoms with Crippen LogP contribution in [0.5, 0.6) is 0 Å². The van der Waals surface area contributed by atoms with Gasteiger partial charge in [-0.05, 0) is 0 Å². The van der Waals surface area contributed by atoms with Crippen LogP contribution in [-0.4, -0.2) is 37.3 Å². The summed E-state index contributed by atoms with van der Waals surface area (Å²) < 4.78 is 0. The van der Waals surface area contributed by atoms with Crippen molar-refractivity contribution in [3.63, 3.8) is 0 Å². The van der Waals surface area contributed by atoms with E-state index in [9.17, 15) is 0 Å². The number of carboxylic acids is 1. The standard InChI is InChI=1S/2C2H8N2.C2H4O2.Zn/c2*3-1-2-4;1-2(3)4;/h2*1-4H2;1H3,(H,3,4);. The van der Waals surface area contributed by atoms with E-state index in [0.717, 1.165) is 6.92 Å². The van der Waals surface area contributed by atoms with Crippen molar-refractivity contribution in [1.82, 2.24) is 0 Å². The molecule has 0 fully saturated rings. The van der Waals surface area contributed by atoms with Crippen molar-refractivity contribution in [3.8, 4) is 0 Å². The summed E-state index contributed by atoms with van der Waals surface area (Å²) in [7, 11) is 0. The molecular formula is C6H20N4O2Zn. The van der Waals surface area contributed by atoms with Crippen LogP contribution in [0.2, 0.25) is 0 Å². The van der Waals surface area contributed by atoms with Crippen LogP contribution in [-0.2, 0) is 24.3 Å². The van der Waals surface area contributed by atoms with Crippen molar-refractivity contribution in [2.75, 3.05) is 26.2 Å². The average molecular weight is 246 g/mol. The summed E-state index contributed by atoms with van der Waals surface area (Å²) in [5.74, 6) is -0.833. The maximum atomic E-state index is 9.00. The molecule has 0 spiro atoms. The summed E-state index contributed by atoms with van der Waals surface area (Å²) in [5.41, 5.74) is 19.6. The molecule has 7 heteroatoms. The molecule has 9 N–H and O–H groups in total. The fourth-order valence-electron chi connectivity index (χ4n) is 0. The van der Waals surface area contributed by atoms with Crippen LogP contribution in [0.25, 0.3) is 0 Å². The normalized spacial score (nSPS) is 6.54. The molecule has 0 amide bonds. The molecule has 0 saturated heterocycles. The Balaban J connectivity index is -0.0000000450. The Bertz CT molecular complexity index is 73.0. The van der Waals surface area contributed by atoms with Gasteiger partial charge in [-0.1, -0.05) is 0 Å². The molecule has 0 atom stereocenters. The third-order valence-corrected chi connectivity index (χ3v) is 0.333. The Morgan fingerprint density at radius 2 is 1.08 bits per heavy atom. The first-order valence-electron chi connectivity index (χ1n) is 3.56. The van der Waals surface area contributed by atoms with Gasteiger partial charge in [0.2, 0.25) is 0 Å². The third-order valence-electron chi connectivity index (χ3n) is 0.333. The van der Waals surface area contributed by atoms with Gasteiger partial charge in [-0.25, -0.2) is 0 Å². The molecule has 0 saturated carbocycles. The van der Waals surface area contributed by atoms with E-state index in [2.05, 4.69) is 0 Å². The number of carboxylic acid groups (broad SMARTS) is 1. The number of carbonyl (C=O) groups is 1. The van der Waals surface area contributed by atoms with Crippen LogP contribution in [0.4, 0.5) is 0 Å². The van der Waals surface area contributed by atoms with E-state index in [1.54, 1.807) is 0 Å². The van der Waals surface area contributed by atoms with Gasteiger partial charge in [0.25, 0.3) is 5.97 Å². The number of nitrogens with two attached hydrogens (primary N) is 4. The number of hydrogen-bond acceptors (Lipinski definition) is 5. The largest absolute Gasteiger partial charge is 0.481 e. The second-order valence-corrected chi connectivity index (χ2v) is 1.67. The number of aliphatic carboxylic acids is 1. The van der Waals surface area contributed by atoms with E-state index in [1.807, 2.05) is 0 Å². The SMILES string of the molecule is CC(=O)O.NCCN.NCCN.[Zn]. The first-order chi connectivity index (χ1) is 5.56. The molecule has 0 aliphatic heterocycles. The van der Waals surface area contributed by atoms with Gasteiger partial charge in [-0.15, -0.1) is 0 Å². The van der Waals surface area contributed by atoms with Crippen LogP contribution in [0.1, 0.15) is 6.92 Å². The predicted octanol–water partition coefficient (Wildman–Crippen LogP) is -2.10. The summed E-state index contributed by atoms with van der Waals surface area (Å²) in [5, 5.41) is 7.42. The third kappa shape index (κ3) is 315. The molecule has 0 bridgehead atoms. The quantitative estimate of drug-likeness (QED) is 0.353. The summed E-state index contributed by atoms with van der Waals surface area (Å²) in [6.45, 7) is 3.47. The first-order valence-corrected chi connectivity index (χ1v) is 3.56. The Morgan fingerprint density at radius 3 is 1.08 bits per heavy atom. The molecule has 0 heterocycles. The molecule has 13 heavy (non-hydrogen) atoms. The zero-order valence-corrected chi connectivity index (χ0v) is 11.2. The first kappa shape index (κ1) is 23.1. The van der Waals surface area contributed by atoms with Crippen molar-refractivity contribution in [2.24, 2.45) is 22.9 Å². The average Bonchev–Trinajstić information content (AvgIpc) is 2.03. The van der Waals surface area contributed by atoms with Crippen LogP contribution in [0.3, 0.4) is 0 Å². The fraction of sp³-hybridized carbons (Fsp3) is 0.833. The molecule has 0 aliphatic carbocycles. The minimum absolute atomic E-state index is 0. The fourth-order valence-corrected chi connectivity index (χ4v) is 0. The minimum atomic E-state index is -0.833. The summed E-state index contributed by atoms with van der Waals surface area (Å²) in [4.78, 5) is 9.00. The van der Waals surface area contributed by atoms with Gasteiger partial charge >= 0.3 is 0 Å². The molecule has 0 aromatic rings. The Labute approximate surface area is 91.8 Å². The summed E-state index contributed by atoms with van der Waals surface area (Å²) in [6, 6.07) is 0. The van der Waals surface area contributed by atoms with E-state index < -0.39 is 5.97 Å². The second kappa shape index (κ2) is 29.7. The zero-order valence-electron chi connectivity index (χ0n) is 8.20. The van der Waals surface area contributed by atoms with E-state index in [4.69, 9.17) is 32.8 Å². The van der Waals surface area contributed by atoms with Gasteiger partial charge in [0, 0.05) is 52.6 Å². The van der Waals surface area contributed by atoms with Gasteiger partial charge < -0.3 is 28.0 Å². The number of hydrogen-bond donors (Lipinski definition) is 5. The molecular weight excluding hydrogens is 225 g/mol. The minimum Gasteiger partial charge on any atom is -0.481 e. The van der Waals surface area contributed by atoms with Crippen LogP contribution < -0.4 is 22.9 Å². The van der Waals surface area contributed by atoms with Gasteiger partial charge in [0.1, 0.15) is 0 Å². The van der Waals surface area contributed by atoms with E-state index >= 15 is 0 Å². The predicted molar refractivity (Wildman–Crippen MR) is 49.5 cm³/mol. The molecule has 0 aliphatic rings. The second-order valence-electron chi connectivity index (χ2n) is 1.67. The number of rotatable bonds is 2. The zero-order chi connectivity index (χ0) is 10.4. The Morgan fingerprint density at radius 1 is 1.00 bits per heavy atom. The molecule has 78 valence electrons. The van der Waals surface area contributed by atoms with Crippen molar-refractivity contribution in [1.29, 1.82) is 0 Å². The van der Waals surface area contributed by atoms with Gasteiger partial charge in [-0.2, -0.15) is 0 Å². The van der Waals surface area contributed by atoms with Crippen molar-refractivity contribution in [3.05, 3.63) is 0 Å². The van der Waals surface area contributed by atoms with E-state index in [0.29, 0.717) is 26.2 Å². The molecule has 0 aromatic carbocycles. The van der Waals surface area contributed by atoms with Crippen LogP contribution in [0, 0.1) is 0 Å². The van der Waals surface area contributed by atoms with Crippen molar-refractivity contribution < 1.29 is 29.4 Å². The maximum Gasteiger partial charge on any atom is 0.300 e. The molecule has 0 aromatic heterocycles. The Hall–Kier alpha value is -0.0666. The van der Waals surface area contributed by atoms with Crippen LogP contribution in [0.15, 0.2) is 0 Å². The molecule has 6 nitrogen and oxygen atoms in total. The topological polar surface area (TPSA) is 141 Å². The van der Waals surface area contributed by atoms with Gasteiger partial charge in [0.15, 0.2) is 0 Å². The van der Waals surface area contributed by atoms with E-state index in [1.165, 1.54) is 0 Å². The van der Waals surface area contributed by atoms with E-state index in [-0.39, 0.29) is 19.5 Å². The Kier molecular flexibility index (Phi) is 52.7. The monoisotopic (exact) mass is 244 g/mol. The summed E-state index contributed by atoms with van der Waals surface area (Å²) >= 11 is 0. The smallest absolute Gasteiger partial charge is 0.300 e. The van der Waals surface area contributed by atoms with Crippen molar-refractivity contribution in [2.45, 2.75) is 6.92 Å². The molecule has 0 rings (SSSR count). The molecule has 0 radical (unpaired) electrons. The van der Waals surface area contributed by atoms with Crippen LogP contribution >= 0.6 is 0 Å².